The first-order valence-corrected chi connectivity index (χ1v) is 7.45. The summed E-state index contributed by atoms with van der Waals surface area (Å²) in [6.45, 7) is 0.224. The van der Waals surface area contributed by atoms with Crippen molar-refractivity contribution < 1.29 is 23.5 Å². The molecule has 2 N–H and O–H groups in total. The van der Waals surface area contributed by atoms with Crippen LogP contribution in [0.15, 0.2) is 24.4 Å². The first-order valence-electron chi connectivity index (χ1n) is 7.45. The van der Waals surface area contributed by atoms with E-state index in [2.05, 4.69) is 10.3 Å². The number of carboxylic acid groups (broad SMARTS) is 1. The van der Waals surface area contributed by atoms with Crippen LogP contribution in [0.2, 0.25) is 0 Å². The van der Waals surface area contributed by atoms with Crippen molar-refractivity contribution in [2.45, 2.75) is 31.3 Å². The van der Waals surface area contributed by atoms with Crippen LogP contribution in [0, 0.1) is 11.6 Å². The molecule has 1 aliphatic rings. The molecule has 0 spiro atoms. The summed E-state index contributed by atoms with van der Waals surface area (Å²) in [6, 6.07) is 3.37. The van der Waals surface area contributed by atoms with E-state index in [9.17, 15) is 18.4 Å². The van der Waals surface area contributed by atoms with Gasteiger partial charge in [0.15, 0.2) is 17.9 Å². The van der Waals surface area contributed by atoms with Crippen molar-refractivity contribution in [3.05, 3.63) is 53.1 Å². The van der Waals surface area contributed by atoms with E-state index in [0.717, 1.165) is 6.07 Å². The van der Waals surface area contributed by atoms with Gasteiger partial charge in [0, 0.05) is 12.5 Å². The maximum Gasteiger partial charge on any atom is 0.405 e. The lowest BCUT2D eigenvalue weighted by Gasteiger charge is -2.17. The number of rotatable bonds is 3. The van der Waals surface area contributed by atoms with Gasteiger partial charge in [-0.3, -0.25) is 4.79 Å². The van der Waals surface area contributed by atoms with Crippen LogP contribution in [-0.2, 0) is 6.54 Å². The van der Waals surface area contributed by atoms with Crippen molar-refractivity contribution in [3.8, 4) is 0 Å². The standard InChI is InChI=1S/C16H15F2N3O3/c17-12-3-1-2-11(14(12)18)9-4-5-13(20-16(23)24)15-19-6-10(8-22)21(15)7-9/h1-3,6,8-9,13,20H,4-5,7H2,(H,23,24)/t9-,13-/m1/s1. The third-order valence-electron chi connectivity index (χ3n) is 4.28. The third kappa shape index (κ3) is 2.86. The Morgan fingerprint density at radius 2 is 2.17 bits per heavy atom. The van der Waals surface area contributed by atoms with Gasteiger partial charge in [0.05, 0.1) is 12.2 Å². The highest BCUT2D eigenvalue weighted by atomic mass is 19.2. The Bertz CT molecular complexity index is 791. The van der Waals surface area contributed by atoms with E-state index < -0.39 is 29.7 Å². The number of aldehydes is 1. The molecule has 0 aliphatic carbocycles. The molecule has 0 saturated heterocycles. The number of nitrogens with zero attached hydrogens (tertiary/aromatic N) is 2. The predicted octanol–water partition coefficient (Wildman–Crippen LogP) is 2.86. The Labute approximate surface area is 136 Å². The van der Waals surface area contributed by atoms with Gasteiger partial charge in [0.25, 0.3) is 0 Å². The first-order chi connectivity index (χ1) is 11.5. The number of aromatic nitrogens is 2. The van der Waals surface area contributed by atoms with E-state index in [1.54, 1.807) is 4.57 Å². The average Bonchev–Trinajstić information content (AvgIpc) is 2.87. The molecule has 2 aromatic rings. The molecular weight excluding hydrogens is 320 g/mol. The lowest BCUT2D eigenvalue weighted by atomic mass is 9.93. The van der Waals surface area contributed by atoms with Gasteiger partial charge in [-0.1, -0.05) is 12.1 Å². The molecule has 0 fully saturated rings. The minimum absolute atomic E-state index is 0.211. The number of imidazole rings is 1. The predicted molar refractivity (Wildman–Crippen MR) is 79.8 cm³/mol. The van der Waals surface area contributed by atoms with Crippen molar-refractivity contribution in [2.75, 3.05) is 0 Å². The quantitative estimate of drug-likeness (QED) is 0.845. The van der Waals surface area contributed by atoms with Crippen LogP contribution < -0.4 is 5.32 Å². The molecule has 2 atom stereocenters. The summed E-state index contributed by atoms with van der Waals surface area (Å²) in [5.74, 6) is -1.84. The fourth-order valence-electron chi connectivity index (χ4n) is 3.16. The Balaban J connectivity index is 2.01. The molecule has 0 unspecified atom stereocenters. The summed E-state index contributed by atoms with van der Waals surface area (Å²) in [4.78, 5) is 26.3. The number of carbonyl (C=O) groups excluding carboxylic acids is 1. The SMILES string of the molecule is O=Cc1cnc2n1C[C@H](c1cccc(F)c1F)CC[C@H]2NC(=O)O. The van der Waals surface area contributed by atoms with Crippen LogP contribution in [-0.4, -0.2) is 27.0 Å². The van der Waals surface area contributed by atoms with Crippen LogP contribution in [0.5, 0.6) is 0 Å². The molecule has 6 nitrogen and oxygen atoms in total. The van der Waals surface area contributed by atoms with E-state index in [4.69, 9.17) is 5.11 Å². The second-order valence-electron chi connectivity index (χ2n) is 5.69. The lowest BCUT2D eigenvalue weighted by molar-refractivity contribution is 0.111. The van der Waals surface area contributed by atoms with Gasteiger partial charge in [-0.05, 0) is 24.5 Å². The van der Waals surface area contributed by atoms with E-state index in [1.807, 2.05) is 0 Å². The fourth-order valence-corrected chi connectivity index (χ4v) is 3.16. The summed E-state index contributed by atoms with van der Waals surface area (Å²) in [5, 5.41) is 11.3. The summed E-state index contributed by atoms with van der Waals surface area (Å²) >= 11 is 0. The van der Waals surface area contributed by atoms with Crippen LogP contribution >= 0.6 is 0 Å². The Kier molecular flexibility index (Phi) is 4.28. The number of hydrogen-bond acceptors (Lipinski definition) is 3. The van der Waals surface area contributed by atoms with E-state index in [1.165, 1.54) is 18.3 Å². The molecule has 0 bridgehead atoms. The molecule has 2 heterocycles. The first kappa shape index (κ1) is 16.1. The van der Waals surface area contributed by atoms with Crippen molar-refractivity contribution in [1.82, 2.24) is 14.9 Å². The number of amides is 1. The van der Waals surface area contributed by atoms with Gasteiger partial charge in [-0.2, -0.15) is 0 Å². The van der Waals surface area contributed by atoms with Gasteiger partial charge >= 0.3 is 6.09 Å². The van der Waals surface area contributed by atoms with Crippen molar-refractivity contribution in [3.63, 3.8) is 0 Å². The lowest BCUT2D eigenvalue weighted by Crippen LogP contribution is -2.28. The van der Waals surface area contributed by atoms with Crippen LogP contribution in [0.1, 0.15) is 46.7 Å². The molecule has 3 rings (SSSR count). The zero-order chi connectivity index (χ0) is 17.3. The zero-order valence-electron chi connectivity index (χ0n) is 12.6. The number of halogens is 2. The minimum Gasteiger partial charge on any atom is -0.465 e. The zero-order valence-corrected chi connectivity index (χ0v) is 12.6. The highest BCUT2D eigenvalue weighted by Gasteiger charge is 2.30. The Hall–Kier alpha value is -2.77. The van der Waals surface area contributed by atoms with Gasteiger partial charge in [0.2, 0.25) is 0 Å². The maximum absolute atomic E-state index is 14.1. The van der Waals surface area contributed by atoms with E-state index >= 15 is 0 Å². The van der Waals surface area contributed by atoms with Crippen LogP contribution in [0.4, 0.5) is 13.6 Å². The number of carbonyl (C=O) groups is 2. The van der Waals surface area contributed by atoms with E-state index in [-0.39, 0.29) is 17.8 Å². The van der Waals surface area contributed by atoms with Gasteiger partial charge < -0.3 is 15.0 Å². The normalized spacial score (nSPS) is 20.1. The second-order valence-corrected chi connectivity index (χ2v) is 5.69. The minimum atomic E-state index is -1.21. The molecule has 126 valence electrons. The topological polar surface area (TPSA) is 84.2 Å². The molecule has 0 radical (unpaired) electrons. The second kappa shape index (κ2) is 6.38. The third-order valence-corrected chi connectivity index (χ3v) is 4.28. The molecule has 24 heavy (non-hydrogen) atoms. The van der Waals surface area contributed by atoms with E-state index in [0.29, 0.717) is 25.0 Å². The molecule has 0 saturated carbocycles. The molecule has 1 aromatic heterocycles. The number of benzene rings is 1. The van der Waals surface area contributed by atoms with Crippen LogP contribution in [0.25, 0.3) is 0 Å². The molecule has 1 amide bonds. The Morgan fingerprint density at radius 1 is 1.38 bits per heavy atom. The van der Waals surface area contributed by atoms with Crippen molar-refractivity contribution in [1.29, 1.82) is 0 Å². The molecule has 8 heteroatoms. The van der Waals surface area contributed by atoms with Crippen LogP contribution in [0.3, 0.4) is 0 Å². The smallest absolute Gasteiger partial charge is 0.405 e. The molecule has 1 aromatic carbocycles. The fraction of sp³-hybridized carbons (Fsp3) is 0.312. The number of nitrogens with one attached hydrogen (secondary N) is 1. The van der Waals surface area contributed by atoms with Gasteiger partial charge in [-0.15, -0.1) is 0 Å². The molecular formula is C16H15F2N3O3. The highest BCUT2D eigenvalue weighted by molar-refractivity contribution is 5.72. The summed E-state index contributed by atoms with van der Waals surface area (Å²) < 4.78 is 29.2. The largest absolute Gasteiger partial charge is 0.465 e. The number of hydrogen-bond donors (Lipinski definition) is 2. The highest BCUT2D eigenvalue weighted by Crippen LogP contribution is 2.34. The summed E-state index contributed by atoms with van der Waals surface area (Å²) in [5.41, 5.74) is 0.480. The summed E-state index contributed by atoms with van der Waals surface area (Å²) in [6.07, 6.45) is 1.54. The van der Waals surface area contributed by atoms with Crippen molar-refractivity contribution >= 4 is 12.4 Å². The maximum atomic E-state index is 14.1. The van der Waals surface area contributed by atoms with Gasteiger partial charge in [-0.25, -0.2) is 18.6 Å². The Morgan fingerprint density at radius 3 is 2.88 bits per heavy atom. The van der Waals surface area contributed by atoms with Crippen molar-refractivity contribution in [2.24, 2.45) is 0 Å². The molecule has 1 aliphatic heterocycles. The van der Waals surface area contributed by atoms with Gasteiger partial charge in [0.1, 0.15) is 11.5 Å². The number of fused-ring (bicyclic) bond motifs is 1. The summed E-state index contributed by atoms with van der Waals surface area (Å²) in [7, 11) is 0. The monoisotopic (exact) mass is 335 g/mol. The average molecular weight is 335 g/mol.